The molecule has 0 aromatic carbocycles. The molecule has 1 rings (SSSR count). The number of hydrogen-bond donors (Lipinski definition) is 2. The van der Waals surface area contributed by atoms with E-state index in [4.69, 9.17) is 34.1 Å². The molecule has 1 fully saturated rings. The number of methoxy groups -OCH3 is 1. The number of thiocarbonyl (C=S) groups is 1. The van der Waals surface area contributed by atoms with Crippen LogP contribution in [0.25, 0.3) is 0 Å². The van der Waals surface area contributed by atoms with Crippen molar-refractivity contribution in [3.05, 3.63) is 12.2 Å². The van der Waals surface area contributed by atoms with E-state index in [0.717, 1.165) is 44.3 Å². The lowest BCUT2D eigenvalue weighted by Crippen LogP contribution is -2.32. The van der Waals surface area contributed by atoms with Gasteiger partial charge in [0.2, 0.25) is 0 Å². The van der Waals surface area contributed by atoms with E-state index in [9.17, 15) is 9.46 Å². The molecule has 1 heterocycles. The predicted molar refractivity (Wildman–Crippen MR) is 170 cm³/mol. The average Bonchev–Trinajstić information content (AvgIpc) is 3.21. The van der Waals surface area contributed by atoms with Crippen LogP contribution in [0.5, 0.6) is 0 Å². The van der Waals surface area contributed by atoms with Crippen LogP contribution in [0, 0.1) is 5.92 Å². The second-order valence-electron chi connectivity index (χ2n) is 11.0. The Labute approximate surface area is 251 Å². The number of allylic oxidation sites excluding steroid dienone is 2. The van der Waals surface area contributed by atoms with E-state index < -0.39 is 26.0 Å². The fraction of sp³-hybridized carbons (Fsp3) is 0.900. The van der Waals surface area contributed by atoms with Crippen molar-refractivity contribution in [1.29, 1.82) is 0 Å². The Morgan fingerprint density at radius 3 is 2.12 bits per heavy atom. The van der Waals surface area contributed by atoms with Crippen LogP contribution in [0.4, 0.5) is 0 Å². The van der Waals surface area contributed by atoms with Crippen molar-refractivity contribution >= 4 is 32.9 Å². The molecule has 40 heavy (non-hydrogen) atoms. The number of phosphoric acid groups is 1. The van der Waals surface area contributed by atoms with Crippen molar-refractivity contribution in [3.63, 3.8) is 0 Å². The van der Waals surface area contributed by atoms with Gasteiger partial charge in [-0.1, -0.05) is 108 Å². The molecule has 0 saturated carbocycles. The van der Waals surface area contributed by atoms with Crippen LogP contribution in [0.15, 0.2) is 12.2 Å². The molecular weight excluding hydrogens is 544 g/mol. The molecule has 232 valence electrons. The number of nitrogens with one attached hydrogen (secondary N) is 1. The smallest absolute Gasteiger partial charge is 0.382 e. The van der Waals surface area contributed by atoms with E-state index in [0.29, 0.717) is 6.42 Å². The highest BCUT2D eigenvalue weighted by Gasteiger charge is 2.45. The van der Waals surface area contributed by atoms with Crippen LogP contribution in [0.3, 0.4) is 0 Å². The van der Waals surface area contributed by atoms with Crippen LogP contribution in [-0.4, -0.2) is 63.3 Å². The lowest BCUT2D eigenvalue weighted by Gasteiger charge is -2.24. The maximum absolute atomic E-state index is 12.0. The van der Waals surface area contributed by atoms with Crippen LogP contribution >= 0.6 is 20.0 Å². The Bertz CT molecular complexity index is 716. The summed E-state index contributed by atoms with van der Waals surface area (Å²) in [5.41, 5.74) is 0. The van der Waals surface area contributed by atoms with E-state index in [1.54, 1.807) is 0 Å². The maximum Gasteiger partial charge on any atom is 0.472 e. The summed E-state index contributed by atoms with van der Waals surface area (Å²) in [7, 11) is 4.64. The number of phosphoric ester groups is 1. The second-order valence-corrected chi connectivity index (χ2v) is 13.0. The van der Waals surface area contributed by atoms with Crippen LogP contribution < -0.4 is 5.32 Å². The summed E-state index contributed by atoms with van der Waals surface area (Å²) in [5.74, 6) is -0.267. The van der Waals surface area contributed by atoms with Gasteiger partial charge in [-0.05, 0) is 38.5 Å². The molecule has 10 heteroatoms. The molecule has 7 nitrogen and oxygen atoms in total. The Balaban J connectivity index is 2.05. The van der Waals surface area contributed by atoms with Crippen LogP contribution in [-0.2, 0) is 23.1 Å². The minimum atomic E-state index is -4.17. The van der Waals surface area contributed by atoms with Gasteiger partial charge in [0.1, 0.15) is 20.1 Å². The van der Waals surface area contributed by atoms with Gasteiger partial charge in [-0.2, -0.15) is 0 Å². The van der Waals surface area contributed by atoms with E-state index in [-0.39, 0.29) is 12.5 Å². The van der Waals surface area contributed by atoms with Gasteiger partial charge in [0, 0.05) is 32.7 Å². The summed E-state index contributed by atoms with van der Waals surface area (Å²) < 4.78 is 32.8. The number of hydrogen-bond acceptors (Lipinski definition) is 6. The van der Waals surface area contributed by atoms with Gasteiger partial charge in [-0.3, -0.25) is 9.05 Å². The lowest BCUT2D eigenvalue weighted by atomic mass is 9.82. The van der Waals surface area contributed by atoms with E-state index in [1.807, 2.05) is 6.08 Å². The maximum atomic E-state index is 12.0. The van der Waals surface area contributed by atoms with Gasteiger partial charge in [-0.25, -0.2) is 4.57 Å². The van der Waals surface area contributed by atoms with Gasteiger partial charge in [0.15, 0.2) is 0 Å². The van der Waals surface area contributed by atoms with Crippen LogP contribution in [0.2, 0.25) is 0 Å². The number of unbranched alkanes of at least 4 members (excludes halogenated alkanes) is 14. The zero-order valence-corrected chi connectivity index (χ0v) is 27.2. The standard InChI is InChI=1S/C30H57BNO6PS/c1-4-5-6-7-8-9-10-11-12-13-14-17-20-23-28(40)32-24-21-18-15-16-19-22-26-29(38-39(33,34)36-3)27(25-35-2)37-30(26)31/h16,19,26-27,29-30H,4-15,17-18,20-25H2,1-3H3,(H,32,40)(H,33,34)/b19-16+/t26-,27+,29?,30+/m0/s1. The van der Waals surface area contributed by atoms with Crippen molar-refractivity contribution in [2.75, 3.05) is 27.4 Å². The fourth-order valence-corrected chi connectivity index (χ4v) is 6.06. The predicted octanol–water partition coefficient (Wildman–Crippen LogP) is 7.79. The largest absolute Gasteiger partial charge is 0.472 e. The Hall–Kier alpha value is -0.275. The van der Waals surface area contributed by atoms with Gasteiger partial charge < -0.3 is 19.7 Å². The van der Waals surface area contributed by atoms with Crippen molar-refractivity contribution in [2.24, 2.45) is 5.92 Å². The second kappa shape index (κ2) is 24.2. The number of ether oxygens (including phenoxy) is 2. The lowest BCUT2D eigenvalue weighted by molar-refractivity contribution is -0.0192. The zero-order chi connectivity index (χ0) is 29.5. The molecule has 0 amide bonds. The van der Waals surface area contributed by atoms with Crippen molar-refractivity contribution in [2.45, 2.75) is 141 Å². The first-order valence-corrected chi connectivity index (χ1v) is 17.6. The Morgan fingerprint density at radius 2 is 1.55 bits per heavy atom. The van der Waals surface area contributed by atoms with Crippen molar-refractivity contribution in [1.82, 2.24) is 5.32 Å². The van der Waals surface area contributed by atoms with E-state index >= 15 is 0 Å². The number of rotatable bonds is 26. The molecule has 2 radical (unpaired) electrons. The topological polar surface area (TPSA) is 86.3 Å². The minimum Gasteiger partial charge on any atom is -0.382 e. The fourth-order valence-electron chi connectivity index (χ4n) is 5.13. The normalized spacial score (nSPS) is 22.6. The average molecular weight is 602 g/mol. The molecular formula is C30H57BNO6PS. The van der Waals surface area contributed by atoms with Crippen LogP contribution in [0.1, 0.15) is 122 Å². The molecule has 1 saturated heterocycles. The Morgan fingerprint density at radius 1 is 0.950 bits per heavy atom. The zero-order valence-electron chi connectivity index (χ0n) is 25.5. The highest BCUT2D eigenvalue weighted by molar-refractivity contribution is 7.80. The summed E-state index contributed by atoms with van der Waals surface area (Å²) in [6.07, 6.45) is 25.3. The van der Waals surface area contributed by atoms with Gasteiger partial charge in [-0.15, -0.1) is 0 Å². The third-order valence-electron chi connectivity index (χ3n) is 7.56. The highest BCUT2D eigenvalue weighted by atomic mass is 32.1. The first-order chi connectivity index (χ1) is 19.3. The quantitative estimate of drug-likeness (QED) is 0.0342. The van der Waals surface area contributed by atoms with E-state index in [1.165, 1.54) is 90.6 Å². The molecule has 2 unspecified atom stereocenters. The first-order valence-electron chi connectivity index (χ1n) is 15.7. The van der Waals surface area contributed by atoms with Crippen molar-refractivity contribution in [3.8, 4) is 0 Å². The minimum absolute atomic E-state index is 0.219. The van der Waals surface area contributed by atoms with Gasteiger partial charge >= 0.3 is 7.82 Å². The summed E-state index contributed by atoms with van der Waals surface area (Å²) in [4.78, 5) is 10.8. The molecule has 2 N–H and O–H groups in total. The molecule has 0 bridgehead atoms. The van der Waals surface area contributed by atoms with Gasteiger partial charge in [0.25, 0.3) is 0 Å². The van der Waals surface area contributed by atoms with E-state index in [2.05, 4.69) is 22.8 Å². The third kappa shape index (κ3) is 18.3. The van der Waals surface area contributed by atoms with Gasteiger partial charge in [0.05, 0.1) is 11.6 Å². The Kier molecular flexibility index (Phi) is 22.8. The monoisotopic (exact) mass is 601 g/mol. The molecule has 5 atom stereocenters. The van der Waals surface area contributed by atoms with Crippen molar-refractivity contribution < 1.29 is 28.0 Å². The molecule has 0 aromatic heterocycles. The molecule has 0 aromatic rings. The summed E-state index contributed by atoms with van der Waals surface area (Å²) in [6, 6.07) is -0.605. The SMILES string of the molecule is [B][C@@H]1O[C@H](COC)C(OP(=O)(O)OC)[C@@H]1C/C=C/CCCCNC(=S)CCCCCCCCCCCCCCC. The summed E-state index contributed by atoms with van der Waals surface area (Å²) >= 11 is 5.50. The summed E-state index contributed by atoms with van der Waals surface area (Å²) in [5, 5.41) is 3.40. The summed E-state index contributed by atoms with van der Waals surface area (Å²) in [6.45, 7) is 3.40. The molecule has 1 aliphatic rings. The molecule has 1 aliphatic heterocycles. The first kappa shape index (κ1) is 37.8. The third-order valence-corrected chi connectivity index (χ3v) is 8.88. The molecule has 0 spiro atoms. The molecule has 0 aliphatic carbocycles. The highest BCUT2D eigenvalue weighted by Crippen LogP contribution is 2.48.